The highest BCUT2D eigenvalue weighted by molar-refractivity contribution is 7.84. The maximum Gasteiger partial charge on any atom is 0.0971 e. The average Bonchev–Trinajstić information content (AvgIpc) is 2.40. The summed E-state index contributed by atoms with van der Waals surface area (Å²) in [4.78, 5) is 0. The van der Waals surface area contributed by atoms with Gasteiger partial charge in [0, 0.05) is 11.6 Å². The van der Waals surface area contributed by atoms with Gasteiger partial charge in [0.1, 0.15) is 0 Å². The topological polar surface area (TPSA) is 38.3 Å². The van der Waals surface area contributed by atoms with Crippen LogP contribution in [0.1, 0.15) is 53.2 Å². The van der Waals surface area contributed by atoms with Crippen LogP contribution in [0.25, 0.3) is 0 Å². The lowest BCUT2D eigenvalue weighted by Crippen LogP contribution is -2.44. The minimum absolute atomic E-state index is 0.104. The van der Waals surface area contributed by atoms with Gasteiger partial charge in [-0.3, -0.25) is 0 Å². The van der Waals surface area contributed by atoms with Crippen LogP contribution in [0.4, 0.5) is 0 Å². The van der Waals surface area contributed by atoms with Crippen molar-refractivity contribution in [3.8, 4) is 0 Å². The molecule has 1 aromatic rings. The summed E-state index contributed by atoms with van der Waals surface area (Å²) >= 11 is 6.16. The molecule has 6 heteroatoms. The Morgan fingerprint density at radius 3 is 2.25 bits per heavy atom. The Hall–Kier alpha value is -0.203. The molecule has 0 amide bonds. The van der Waals surface area contributed by atoms with E-state index in [1.165, 1.54) is 0 Å². The van der Waals surface area contributed by atoms with Gasteiger partial charge >= 0.3 is 0 Å². The van der Waals surface area contributed by atoms with Crippen molar-refractivity contribution in [1.29, 1.82) is 0 Å². The van der Waals surface area contributed by atoms with Crippen molar-refractivity contribution >= 4 is 30.9 Å². The van der Waals surface area contributed by atoms with Gasteiger partial charge in [-0.1, -0.05) is 44.5 Å². The van der Waals surface area contributed by atoms with E-state index in [1.807, 2.05) is 45.0 Å². The summed E-state index contributed by atoms with van der Waals surface area (Å²) in [6.07, 6.45) is -0.170. The van der Waals surface area contributed by atoms with Crippen molar-refractivity contribution in [3.63, 3.8) is 0 Å². The van der Waals surface area contributed by atoms with Gasteiger partial charge in [0.15, 0.2) is 0 Å². The number of rotatable bonds is 6. The lowest BCUT2D eigenvalue weighted by atomic mass is 10.1. The van der Waals surface area contributed by atoms with Crippen LogP contribution in [-0.4, -0.2) is 23.8 Å². The second-order valence-electron chi connectivity index (χ2n) is 8.65. The van der Waals surface area contributed by atoms with Crippen LogP contribution in [0.5, 0.6) is 0 Å². The normalized spacial score (nSPS) is 16.0. The number of halogens is 1. The van der Waals surface area contributed by atoms with Crippen molar-refractivity contribution in [2.75, 3.05) is 6.54 Å². The Kier molecular flexibility index (Phi) is 7.28. The molecule has 24 heavy (non-hydrogen) atoms. The summed E-state index contributed by atoms with van der Waals surface area (Å²) in [7, 11) is -3.10. The molecular formula is C18H32ClNO2SSi-. The number of benzene rings is 1. The number of nitrogens with one attached hydrogen (secondary N) is 1. The molecule has 0 aliphatic heterocycles. The molecule has 0 aliphatic carbocycles. The van der Waals surface area contributed by atoms with Gasteiger partial charge in [-0.25, -0.2) is 8.93 Å². The van der Waals surface area contributed by atoms with Gasteiger partial charge in [0.2, 0.25) is 0 Å². The molecule has 1 N–H and O–H groups in total. The Labute approximate surface area is 156 Å². The lowest BCUT2D eigenvalue weighted by Gasteiger charge is -2.51. The Morgan fingerprint density at radius 1 is 1.21 bits per heavy atom. The van der Waals surface area contributed by atoms with Crippen molar-refractivity contribution in [3.05, 3.63) is 34.9 Å². The molecule has 0 saturated heterocycles. The summed E-state index contributed by atoms with van der Waals surface area (Å²) in [5.41, 5.74) is 1.02. The first-order chi connectivity index (χ1) is 10.7. The molecule has 0 saturated carbocycles. The average molecular weight is 390 g/mol. The molecular weight excluding hydrogens is 358 g/mol. The number of hydrogen-bond donors (Lipinski definition) is 1. The van der Waals surface area contributed by atoms with Crippen molar-refractivity contribution in [2.24, 2.45) is 0 Å². The smallest absolute Gasteiger partial charge is 0.0971 e. The van der Waals surface area contributed by atoms with Gasteiger partial charge in [0.25, 0.3) is 0 Å². The van der Waals surface area contributed by atoms with E-state index in [0.717, 1.165) is 5.56 Å². The Balaban J connectivity index is 3.03. The predicted molar refractivity (Wildman–Crippen MR) is 108 cm³/mol. The van der Waals surface area contributed by atoms with Gasteiger partial charge in [0.05, 0.1) is 21.8 Å². The summed E-state index contributed by atoms with van der Waals surface area (Å²) in [6.45, 7) is 17.5. The molecule has 0 aliphatic rings. The third kappa shape index (κ3) is 6.26. The van der Waals surface area contributed by atoms with E-state index < -0.39 is 19.3 Å². The van der Waals surface area contributed by atoms with E-state index >= 15 is 0 Å². The highest BCUT2D eigenvalue weighted by atomic mass is 35.5. The van der Waals surface area contributed by atoms with E-state index in [0.29, 0.717) is 11.6 Å². The zero-order chi connectivity index (χ0) is 18.8. The standard InChI is InChI=1S/C18H32ClNO2SSi/c1-17(2,3)23(21)20-13-16(14-10-9-11-15(19)12-14)22-24(7,8)18(4,5)6/h9-12,16,20H,13H2,1-8H3/q-1/t16-,23?/m0/s1. The lowest BCUT2D eigenvalue weighted by molar-refractivity contribution is 0.187. The van der Waals surface area contributed by atoms with Crippen molar-refractivity contribution in [2.45, 2.75) is 70.5 Å². The third-order valence-corrected chi connectivity index (χ3v) is 10.7. The summed E-state index contributed by atoms with van der Waals surface area (Å²) in [5.74, 6) is 0. The molecule has 0 aromatic heterocycles. The molecule has 2 atom stereocenters. The highest BCUT2D eigenvalue weighted by Crippen LogP contribution is 2.39. The minimum atomic E-state index is -1.97. The van der Waals surface area contributed by atoms with E-state index in [4.69, 9.17) is 16.0 Å². The monoisotopic (exact) mass is 389 g/mol. The summed E-state index contributed by atoms with van der Waals surface area (Å²) < 4.78 is 21.8. The maximum absolute atomic E-state index is 12.4. The molecule has 139 valence electrons. The fourth-order valence-electron chi connectivity index (χ4n) is 1.83. The van der Waals surface area contributed by atoms with Gasteiger partial charge < -0.3 is 4.43 Å². The Bertz CT molecular complexity index is 579. The first kappa shape index (κ1) is 21.8. The quantitative estimate of drug-likeness (QED) is 0.656. The van der Waals surface area contributed by atoms with Crippen LogP contribution < -0.4 is 4.72 Å². The molecule has 1 rings (SSSR count). The maximum atomic E-state index is 12.4. The van der Waals surface area contributed by atoms with Crippen LogP contribution in [0.15, 0.2) is 24.3 Å². The molecule has 1 unspecified atom stereocenters. The first-order valence-corrected chi connectivity index (χ1v) is 12.8. The fourth-order valence-corrected chi connectivity index (χ4v) is 4.05. The SMILES string of the molecule is CC(C)(C)S(=O)NC[C@H](O[Si-](C)(C)C(C)(C)C)c1cccc(Cl)c1. The van der Waals surface area contributed by atoms with Crippen LogP contribution >= 0.6 is 11.6 Å². The van der Waals surface area contributed by atoms with Crippen LogP contribution in [0, 0.1) is 0 Å². The van der Waals surface area contributed by atoms with Crippen LogP contribution in [-0.2, 0) is 15.4 Å². The highest BCUT2D eigenvalue weighted by Gasteiger charge is 2.29. The zero-order valence-corrected chi connectivity index (χ0v) is 18.8. The predicted octanol–water partition coefficient (Wildman–Crippen LogP) is 5.45. The van der Waals surface area contributed by atoms with Crippen LogP contribution in [0.3, 0.4) is 0 Å². The molecule has 3 nitrogen and oxygen atoms in total. The second kappa shape index (κ2) is 8.00. The largest absolute Gasteiger partial charge is 0.558 e. The van der Waals surface area contributed by atoms with Crippen molar-refractivity contribution in [1.82, 2.24) is 4.72 Å². The second-order valence-corrected chi connectivity index (χ2v) is 15.9. The molecule has 0 heterocycles. The molecule has 0 spiro atoms. The van der Waals surface area contributed by atoms with E-state index in [-0.39, 0.29) is 15.9 Å². The fraction of sp³-hybridized carbons (Fsp3) is 0.667. The van der Waals surface area contributed by atoms with Gasteiger partial charge in [-0.2, -0.15) is 0 Å². The molecule has 0 fully saturated rings. The van der Waals surface area contributed by atoms with E-state index in [2.05, 4.69) is 38.6 Å². The molecule has 1 aromatic carbocycles. The Morgan fingerprint density at radius 2 is 1.79 bits per heavy atom. The van der Waals surface area contributed by atoms with Gasteiger partial charge in [-0.05, 0) is 46.8 Å². The zero-order valence-electron chi connectivity index (χ0n) is 16.2. The van der Waals surface area contributed by atoms with Gasteiger partial charge in [-0.15, -0.1) is 18.1 Å². The summed E-state index contributed by atoms with van der Waals surface area (Å²) in [5, 5.41) is 0.792. The minimum Gasteiger partial charge on any atom is -0.558 e. The summed E-state index contributed by atoms with van der Waals surface area (Å²) in [6, 6.07) is 7.74. The third-order valence-electron chi connectivity index (χ3n) is 4.42. The molecule has 0 bridgehead atoms. The van der Waals surface area contributed by atoms with Crippen LogP contribution in [0.2, 0.25) is 23.2 Å². The van der Waals surface area contributed by atoms with Crippen molar-refractivity contribution < 1.29 is 8.63 Å². The number of hydrogen-bond acceptors (Lipinski definition) is 2. The molecule has 0 radical (unpaired) electrons. The van der Waals surface area contributed by atoms with E-state index in [9.17, 15) is 4.21 Å². The first-order valence-electron chi connectivity index (χ1n) is 8.33. The van der Waals surface area contributed by atoms with E-state index in [1.54, 1.807) is 0 Å².